The van der Waals surface area contributed by atoms with E-state index in [1.165, 1.54) is 0 Å². The molecule has 6 N–H and O–H groups in total. The largest absolute Gasteiger partial charge is 0.382 e. The van der Waals surface area contributed by atoms with Crippen molar-refractivity contribution < 1.29 is 4.74 Å². The summed E-state index contributed by atoms with van der Waals surface area (Å²) in [5, 5.41) is 0. The molecular weight excluding hydrogens is 184 g/mol. The number of nitrogen functional groups attached to an aromatic ring is 3. The highest BCUT2D eigenvalue weighted by atomic mass is 16.5. The number of rotatable bonds is 2. The lowest BCUT2D eigenvalue weighted by Gasteiger charge is -1.93. The summed E-state index contributed by atoms with van der Waals surface area (Å²) in [7, 11) is 0. The minimum Gasteiger partial charge on any atom is -0.382 e. The average Bonchev–Trinajstić information content (AvgIpc) is 2.03. The lowest BCUT2D eigenvalue weighted by Crippen LogP contribution is -2.05. The zero-order valence-corrected chi connectivity index (χ0v) is 8.40. The second-order valence-electron chi connectivity index (χ2n) is 2.19. The molecule has 0 aliphatic heterocycles. The van der Waals surface area contributed by atoms with Crippen molar-refractivity contribution in [3.05, 3.63) is 0 Å². The maximum atomic E-state index is 5.14. The van der Waals surface area contributed by atoms with Gasteiger partial charge in [-0.05, 0) is 13.8 Å². The molecular formula is C7H16N6O. The smallest absolute Gasteiger partial charge is 0.226 e. The van der Waals surface area contributed by atoms with E-state index in [1.807, 2.05) is 13.8 Å². The van der Waals surface area contributed by atoms with Crippen LogP contribution < -0.4 is 17.2 Å². The highest BCUT2D eigenvalue weighted by molar-refractivity contribution is 5.33. The summed E-state index contributed by atoms with van der Waals surface area (Å²) >= 11 is 0. The van der Waals surface area contributed by atoms with Gasteiger partial charge >= 0.3 is 0 Å². The molecule has 0 saturated carbocycles. The topological polar surface area (TPSA) is 126 Å². The Hall–Kier alpha value is -1.63. The summed E-state index contributed by atoms with van der Waals surface area (Å²) in [4.78, 5) is 10.5. The summed E-state index contributed by atoms with van der Waals surface area (Å²) < 4.78 is 4.83. The van der Waals surface area contributed by atoms with Crippen molar-refractivity contribution >= 4 is 17.8 Å². The Morgan fingerprint density at radius 2 is 1.14 bits per heavy atom. The number of aromatic nitrogens is 3. The molecule has 0 aromatic carbocycles. The van der Waals surface area contributed by atoms with Gasteiger partial charge in [-0.1, -0.05) is 0 Å². The fourth-order valence-electron chi connectivity index (χ4n) is 0.631. The average molecular weight is 200 g/mol. The van der Waals surface area contributed by atoms with Crippen LogP contribution in [0.5, 0.6) is 0 Å². The summed E-state index contributed by atoms with van der Waals surface area (Å²) in [6, 6.07) is 0. The molecule has 80 valence electrons. The van der Waals surface area contributed by atoms with Gasteiger partial charge in [-0.15, -0.1) is 0 Å². The van der Waals surface area contributed by atoms with Gasteiger partial charge in [-0.2, -0.15) is 15.0 Å². The summed E-state index contributed by atoms with van der Waals surface area (Å²) in [5.74, 6) is 0.125. The summed E-state index contributed by atoms with van der Waals surface area (Å²) in [6.07, 6.45) is 0. The SMILES string of the molecule is CCOCC.Nc1nc(N)nc(N)n1. The van der Waals surface area contributed by atoms with Crippen LogP contribution >= 0.6 is 0 Å². The third-order valence-corrected chi connectivity index (χ3v) is 1.10. The van der Waals surface area contributed by atoms with Crippen LogP contribution in [-0.4, -0.2) is 28.2 Å². The quantitative estimate of drug-likeness (QED) is 0.596. The molecule has 1 heterocycles. The van der Waals surface area contributed by atoms with Gasteiger partial charge in [0.2, 0.25) is 17.8 Å². The molecule has 7 heteroatoms. The Balaban J connectivity index is 0.000000292. The second-order valence-corrected chi connectivity index (χ2v) is 2.19. The molecule has 0 saturated heterocycles. The van der Waals surface area contributed by atoms with E-state index >= 15 is 0 Å². The molecule has 1 aromatic heterocycles. The van der Waals surface area contributed by atoms with Gasteiger partial charge in [0.15, 0.2) is 0 Å². The summed E-state index contributed by atoms with van der Waals surface area (Å²) in [5.41, 5.74) is 15.4. The standard InChI is InChI=1S/C4H10O.C3H6N6/c1-3-5-4-2;4-1-7-2(5)9-3(6)8-1/h3-4H2,1-2H3;(H6,4,5,6,7,8,9). The number of nitrogens with two attached hydrogens (primary N) is 3. The monoisotopic (exact) mass is 200 g/mol. The van der Waals surface area contributed by atoms with Crippen molar-refractivity contribution in [1.29, 1.82) is 0 Å². The van der Waals surface area contributed by atoms with Gasteiger partial charge < -0.3 is 21.9 Å². The third-order valence-electron chi connectivity index (χ3n) is 1.10. The lowest BCUT2D eigenvalue weighted by atomic mass is 10.8. The fourth-order valence-corrected chi connectivity index (χ4v) is 0.631. The molecule has 0 aliphatic rings. The Morgan fingerprint density at radius 3 is 1.29 bits per heavy atom. The van der Waals surface area contributed by atoms with Crippen LogP contribution in [0.3, 0.4) is 0 Å². The normalized spacial score (nSPS) is 9.00. The van der Waals surface area contributed by atoms with Crippen molar-refractivity contribution in [3.63, 3.8) is 0 Å². The Bertz CT molecular complexity index is 214. The van der Waals surface area contributed by atoms with Crippen molar-refractivity contribution in [1.82, 2.24) is 15.0 Å². The molecule has 0 fully saturated rings. The predicted octanol–water partition coefficient (Wildman–Crippen LogP) is -0.339. The van der Waals surface area contributed by atoms with Gasteiger partial charge in [0.1, 0.15) is 0 Å². The molecule has 0 unspecified atom stereocenters. The first-order valence-corrected chi connectivity index (χ1v) is 4.20. The molecule has 1 aromatic rings. The molecule has 14 heavy (non-hydrogen) atoms. The zero-order valence-electron chi connectivity index (χ0n) is 8.40. The van der Waals surface area contributed by atoms with Crippen LogP contribution in [0.4, 0.5) is 17.8 Å². The maximum Gasteiger partial charge on any atom is 0.226 e. The van der Waals surface area contributed by atoms with Gasteiger partial charge in [0.05, 0.1) is 0 Å². The van der Waals surface area contributed by atoms with E-state index in [0.717, 1.165) is 13.2 Å². The first-order valence-electron chi connectivity index (χ1n) is 4.20. The molecule has 7 nitrogen and oxygen atoms in total. The molecule has 0 bridgehead atoms. The minimum atomic E-state index is 0.0417. The van der Waals surface area contributed by atoms with Gasteiger partial charge in [0, 0.05) is 13.2 Å². The van der Waals surface area contributed by atoms with Crippen molar-refractivity contribution in [3.8, 4) is 0 Å². The van der Waals surface area contributed by atoms with E-state index in [1.54, 1.807) is 0 Å². The molecule has 0 radical (unpaired) electrons. The zero-order chi connectivity index (χ0) is 11.0. The molecule has 0 amide bonds. The highest BCUT2D eigenvalue weighted by Gasteiger charge is 1.93. The van der Waals surface area contributed by atoms with Gasteiger partial charge in [-0.3, -0.25) is 0 Å². The van der Waals surface area contributed by atoms with Crippen LogP contribution in [0, 0.1) is 0 Å². The summed E-state index contributed by atoms with van der Waals surface area (Å²) in [6.45, 7) is 5.67. The van der Waals surface area contributed by atoms with Crippen molar-refractivity contribution in [2.45, 2.75) is 13.8 Å². The van der Waals surface area contributed by atoms with E-state index < -0.39 is 0 Å². The molecule has 0 aliphatic carbocycles. The van der Waals surface area contributed by atoms with Crippen LogP contribution in [0.1, 0.15) is 13.8 Å². The third kappa shape index (κ3) is 5.95. The number of anilines is 3. The van der Waals surface area contributed by atoms with E-state index in [2.05, 4.69) is 15.0 Å². The number of ether oxygens (including phenoxy) is 1. The Labute approximate surface area is 82.7 Å². The van der Waals surface area contributed by atoms with E-state index in [0.29, 0.717) is 0 Å². The lowest BCUT2D eigenvalue weighted by molar-refractivity contribution is 0.162. The Kier molecular flexibility index (Phi) is 6.04. The molecule has 1 rings (SSSR count). The number of hydrogen-bond acceptors (Lipinski definition) is 7. The Morgan fingerprint density at radius 1 is 0.857 bits per heavy atom. The fraction of sp³-hybridized carbons (Fsp3) is 0.571. The predicted molar refractivity (Wildman–Crippen MR) is 55.2 cm³/mol. The minimum absolute atomic E-state index is 0.0417. The number of nitrogens with zero attached hydrogens (tertiary/aromatic N) is 3. The first kappa shape index (κ1) is 12.4. The van der Waals surface area contributed by atoms with Crippen LogP contribution in [0.15, 0.2) is 0 Å². The van der Waals surface area contributed by atoms with E-state index in [4.69, 9.17) is 21.9 Å². The van der Waals surface area contributed by atoms with Gasteiger partial charge in [0.25, 0.3) is 0 Å². The van der Waals surface area contributed by atoms with Crippen LogP contribution in [-0.2, 0) is 4.74 Å². The van der Waals surface area contributed by atoms with Gasteiger partial charge in [-0.25, -0.2) is 0 Å². The van der Waals surface area contributed by atoms with Crippen molar-refractivity contribution in [2.75, 3.05) is 30.4 Å². The maximum absolute atomic E-state index is 5.14. The first-order chi connectivity index (χ1) is 6.60. The number of hydrogen-bond donors (Lipinski definition) is 3. The van der Waals surface area contributed by atoms with Crippen LogP contribution in [0.25, 0.3) is 0 Å². The second kappa shape index (κ2) is 6.84. The highest BCUT2D eigenvalue weighted by Crippen LogP contribution is 1.97. The van der Waals surface area contributed by atoms with Crippen molar-refractivity contribution in [2.24, 2.45) is 0 Å². The molecule has 0 atom stereocenters. The van der Waals surface area contributed by atoms with Crippen LogP contribution in [0.2, 0.25) is 0 Å². The van der Waals surface area contributed by atoms with E-state index in [9.17, 15) is 0 Å². The molecule has 0 spiro atoms. The van der Waals surface area contributed by atoms with E-state index in [-0.39, 0.29) is 17.8 Å².